The molecule has 0 fully saturated rings. The molecule has 1 aromatic carbocycles. The minimum atomic E-state index is -0.240. The van der Waals surface area contributed by atoms with Gasteiger partial charge in [0.15, 0.2) is 0 Å². The molecule has 0 spiro atoms. The number of carbonyl (C=O) groups excluding carboxylic acids is 1. The van der Waals surface area contributed by atoms with Crippen molar-refractivity contribution in [3.8, 4) is 0 Å². The van der Waals surface area contributed by atoms with Gasteiger partial charge in [-0.15, -0.1) is 0 Å². The molecule has 1 unspecified atom stereocenters. The van der Waals surface area contributed by atoms with Gasteiger partial charge in [-0.3, -0.25) is 4.79 Å². The van der Waals surface area contributed by atoms with Crippen LogP contribution in [0.5, 0.6) is 0 Å². The number of halogens is 1. The Kier molecular flexibility index (Phi) is 5.25. The van der Waals surface area contributed by atoms with Crippen LogP contribution in [0.1, 0.15) is 30.1 Å². The summed E-state index contributed by atoms with van der Waals surface area (Å²) in [5, 5.41) is 12.0. The minimum absolute atomic E-state index is 0.0406. The highest BCUT2D eigenvalue weighted by atomic mass is 35.5. The fourth-order valence-corrected chi connectivity index (χ4v) is 1.79. The van der Waals surface area contributed by atoms with Gasteiger partial charge in [-0.05, 0) is 31.0 Å². The number of nitrogen functional groups attached to an aromatic ring is 1. The summed E-state index contributed by atoms with van der Waals surface area (Å²) in [6.45, 7) is 2.00. The fraction of sp³-hybridized carbons (Fsp3) is 0.417. The van der Waals surface area contributed by atoms with Gasteiger partial charge in [-0.25, -0.2) is 0 Å². The number of hydrogen-bond acceptors (Lipinski definition) is 3. The molecule has 17 heavy (non-hydrogen) atoms. The number of carbonyl (C=O) groups is 1. The molecule has 1 rings (SSSR count). The van der Waals surface area contributed by atoms with Crippen LogP contribution in [0.25, 0.3) is 0 Å². The van der Waals surface area contributed by atoms with Crippen molar-refractivity contribution in [2.24, 2.45) is 0 Å². The second-order valence-corrected chi connectivity index (χ2v) is 4.24. The lowest BCUT2D eigenvalue weighted by molar-refractivity contribution is 0.0929. The van der Waals surface area contributed by atoms with E-state index in [9.17, 15) is 4.79 Å². The molecule has 0 aliphatic heterocycles. The quantitative estimate of drug-likeness (QED) is 0.704. The molecule has 5 heteroatoms. The van der Waals surface area contributed by atoms with Crippen LogP contribution < -0.4 is 11.1 Å². The molecule has 0 saturated heterocycles. The number of amides is 1. The van der Waals surface area contributed by atoms with Crippen molar-refractivity contribution in [2.75, 3.05) is 12.3 Å². The number of benzene rings is 1. The van der Waals surface area contributed by atoms with E-state index in [1.54, 1.807) is 18.2 Å². The van der Waals surface area contributed by atoms with E-state index in [1.165, 1.54) is 0 Å². The molecular weight excluding hydrogens is 240 g/mol. The van der Waals surface area contributed by atoms with Crippen molar-refractivity contribution in [1.82, 2.24) is 5.32 Å². The molecule has 0 aliphatic rings. The number of rotatable bonds is 5. The second kappa shape index (κ2) is 6.47. The number of aliphatic hydroxyl groups excluding tert-OH is 1. The van der Waals surface area contributed by atoms with E-state index < -0.39 is 0 Å². The summed E-state index contributed by atoms with van der Waals surface area (Å²) >= 11 is 5.94. The zero-order valence-electron chi connectivity index (χ0n) is 9.74. The van der Waals surface area contributed by atoms with Crippen molar-refractivity contribution in [1.29, 1.82) is 0 Å². The number of nitrogens with two attached hydrogens (primary N) is 1. The Bertz CT molecular complexity index is 396. The van der Waals surface area contributed by atoms with Gasteiger partial charge in [0.2, 0.25) is 0 Å². The maximum absolute atomic E-state index is 11.9. The monoisotopic (exact) mass is 256 g/mol. The number of aliphatic hydroxyl groups is 1. The van der Waals surface area contributed by atoms with Gasteiger partial charge in [0.1, 0.15) is 0 Å². The molecule has 4 N–H and O–H groups in total. The highest BCUT2D eigenvalue weighted by Gasteiger charge is 2.14. The van der Waals surface area contributed by atoms with E-state index in [1.807, 2.05) is 6.92 Å². The van der Waals surface area contributed by atoms with Gasteiger partial charge in [0.05, 0.1) is 10.6 Å². The van der Waals surface area contributed by atoms with Crippen LogP contribution in [0, 0.1) is 0 Å². The third kappa shape index (κ3) is 3.91. The predicted molar refractivity (Wildman–Crippen MR) is 69.1 cm³/mol. The van der Waals surface area contributed by atoms with Crippen molar-refractivity contribution >= 4 is 23.2 Å². The standard InChI is InChI=1S/C12H17ClN2O2/c1-2-9(5-6-16)15-12(17)10-4-3-8(14)7-11(10)13/h3-4,7,9,16H,2,5-6,14H2,1H3,(H,15,17). The molecule has 0 aliphatic carbocycles. The van der Waals surface area contributed by atoms with E-state index in [2.05, 4.69) is 5.32 Å². The molecule has 0 bridgehead atoms. The van der Waals surface area contributed by atoms with Crippen LogP contribution in [0.4, 0.5) is 5.69 Å². The van der Waals surface area contributed by atoms with Crippen LogP contribution in [0.15, 0.2) is 18.2 Å². The molecule has 1 amide bonds. The van der Waals surface area contributed by atoms with Crippen LogP contribution >= 0.6 is 11.6 Å². The molecular formula is C12H17ClN2O2. The maximum Gasteiger partial charge on any atom is 0.253 e. The largest absolute Gasteiger partial charge is 0.399 e. The Morgan fingerprint density at radius 1 is 1.59 bits per heavy atom. The zero-order chi connectivity index (χ0) is 12.8. The van der Waals surface area contributed by atoms with E-state index in [0.29, 0.717) is 22.7 Å². The molecule has 0 aromatic heterocycles. The van der Waals surface area contributed by atoms with Gasteiger partial charge < -0.3 is 16.2 Å². The Labute approximate surface area is 106 Å². The summed E-state index contributed by atoms with van der Waals surface area (Å²) in [5.74, 6) is -0.240. The number of hydrogen-bond donors (Lipinski definition) is 3. The van der Waals surface area contributed by atoms with Gasteiger partial charge in [-0.1, -0.05) is 18.5 Å². The minimum Gasteiger partial charge on any atom is -0.399 e. The molecule has 0 radical (unpaired) electrons. The van der Waals surface area contributed by atoms with Gasteiger partial charge >= 0.3 is 0 Å². The first kappa shape index (κ1) is 13.8. The van der Waals surface area contributed by atoms with Crippen molar-refractivity contribution in [3.63, 3.8) is 0 Å². The first-order valence-corrected chi connectivity index (χ1v) is 5.93. The van der Waals surface area contributed by atoms with E-state index >= 15 is 0 Å². The summed E-state index contributed by atoms with van der Waals surface area (Å²) in [6, 6.07) is 4.73. The Hall–Kier alpha value is -1.26. The highest BCUT2D eigenvalue weighted by Crippen LogP contribution is 2.19. The van der Waals surface area contributed by atoms with E-state index in [4.69, 9.17) is 22.4 Å². The summed E-state index contributed by atoms with van der Waals surface area (Å²) in [4.78, 5) is 11.9. The van der Waals surface area contributed by atoms with Gasteiger partial charge in [0, 0.05) is 18.3 Å². The first-order valence-electron chi connectivity index (χ1n) is 5.55. The van der Waals surface area contributed by atoms with Crippen molar-refractivity contribution in [3.05, 3.63) is 28.8 Å². The van der Waals surface area contributed by atoms with Crippen LogP contribution in [0.3, 0.4) is 0 Å². The Balaban J connectivity index is 2.75. The predicted octanol–water partition coefficient (Wildman–Crippen LogP) is 1.81. The third-order valence-corrected chi connectivity index (χ3v) is 2.86. The Morgan fingerprint density at radius 3 is 2.82 bits per heavy atom. The van der Waals surface area contributed by atoms with Crippen LogP contribution in [-0.2, 0) is 0 Å². The molecule has 0 heterocycles. The molecule has 94 valence electrons. The molecule has 1 atom stereocenters. The summed E-state index contributed by atoms with van der Waals surface area (Å²) in [6.07, 6.45) is 1.30. The van der Waals surface area contributed by atoms with Crippen molar-refractivity contribution < 1.29 is 9.90 Å². The zero-order valence-corrected chi connectivity index (χ0v) is 10.5. The van der Waals surface area contributed by atoms with Gasteiger partial charge in [0.25, 0.3) is 5.91 Å². The smallest absolute Gasteiger partial charge is 0.253 e. The second-order valence-electron chi connectivity index (χ2n) is 3.83. The lowest BCUT2D eigenvalue weighted by Crippen LogP contribution is -2.35. The lowest BCUT2D eigenvalue weighted by atomic mass is 10.1. The Morgan fingerprint density at radius 2 is 2.29 bits per heavy atom. The van der Waals surface area contributed by atoms with E-state index in [-0.39, 0.29) is 18.6 Å². The lowest BCUT2D eigenvalue weighted by Gasteiger charge is -2.16. The molecule has 1 aromatic rings. The first-order chi connectivity index (χ1) is 8.08. The highest BCUT2D eigenvalue weighted by molar-refractivity contribution is 6.34. The maximum atomic E-state index is 11.9. The molecule has 0 saturated carbocycles. The van der Waals surface area contributed by atoms with Crippen molar-refractivity contribution in [2.45, 2.75) is 25.8 Å². The fourth-order valence-electron chi connectivity index (χ4n) is 1.51. The average molecular weight is 257 g/mol. The molecule has 4 nitrogen and oxygen atoms in total. The number of anilines is 1. The normalized spacial score (nSPS) is 12.2. The average Bonchev–Trinajstić information content (AvgIpc) is 2.28. The summed E-state index contributed by atoms with van der Waals surface area (Å²) in [5.41, 5.74) is 6.48. The van der Waals surface area contributed by atoms with Crippen LogP contribution in [0.2, 0.25) is 5.02 Å². The summed E-state index contributed by atoms with van der Waals surface area (Å²) < 4.78 is 0. The van der Waals surface area contributed by atoms with Crippen LogP contribution in [-0.4, -0.2) is 23.7 Å². The van der Waals surface area contributed by atoms with E-state index in [0.717, 1.165) is 6.42 Å². The summed E-state index contributed by atoms with van der Waals surface area (Å²) in [7, 11) is 0. The number of nitrogens with one attached hydrogen (secondary N) is 1. The topological polar surface area (TPSA) is 75.3 Å². The van der Waals surface area contributed by atoms with Gasteiger partial charge in [-0.2, -0.15) is 0 Å². The third-order valence-electron chi connectivity index (χ3n) is 2.54. The SMILES string of the molecule is CCC(CCO)NC(=O)c1ccc(N)cc1Cl.